The maximum Gasteiger partial charge on any atom is 0.417 e. The third kappa shape index (κ3) is 3.78. The number of hydrogen-bond acceptors (Lipinski definition) is 2. The van der Waals surface area contributed by atoms with Crippen LogP contribution < -0.4 is 5.32 Å². The van der Waals surface area contributed by atoms with Crippen LogP contribution >= 0.6 is 11.6 Å². The molecule has 0 spiro atoms. The zero-order valence-electron chi connectivity index (χ0n) is 11.3. The van der Waals surface area contributed by atoms with E-state index in [-0.39, 0.29) is 11.1 Å². The van der Waals surface area contributed by atoms with E-state index in [1.165, 1.54) is 12.8 Å². The molecule has 6 heteroatoms. The molecule has 0 amide bonds. The normalized spacial score (nSPS) is 24.2. The molecule has 20 heavy (non-hydrogen) atoms. The molecule has 0 aliphatic heterocycles. The molecule has 0 bridgehead atoms. The van der Waals surface area contributed by atoms with Gasteiger partial charge in [0.25, 0.3) is 0 Å². The molecule has 1 heterocycles. The lowest BCUT2D eigenvalue weighted by atomic mass is 9.97. The summed E-state index contributed by atoms with van der Waals surface area (Å²) in [6.45, 7) is 2.15. The van der Waals surface area contributed by atoms with Gasteiger partial charge in [0.05, 0.1) is 10.6 Å². The highest BCUT2D eigenvalue weighted by Gasteiger charge is 2.32. The summed E-state index contributed by atoms with van der Waals surface area (Å²) >= 11 is 5.92. The molecule has 1 aliphatic rings. The molecule has 1 saturated carbocycles. The highest BCUT2D eigenvalue weighted by atomic mass is 35.5. The molecular weight excluding hydrogens is 289 g/mol. The van der Waals surface area contributed by atoms with Crippen molar-refractivity contribution in [3.8, 4) is 0 Å². The molecule has 112 valence electrons. The van der Waals surface area contributed by atoms with Gasteiger partial charge in [-0.2, -0.15) is 13.2 Å². The monoisotopic (exact) mass is 306 g/mol. The summed E-state index contributed by atoms with van der Waals surface area (Å²) in [5, 5.41) is 3.23. The van der Waals surface area contributed by atoms with Crippen molar-refractivity contribution in [3.63, 3.8) is 0 Å². The fourth-order valence-corrected chi connectivity index (χ4v) is 2.80. The number of anilines is 1. The fourth-order valence-electron chi connectivity index (χ4n) is 2.58. The van der Waals surface area contributed by atoms with Gasteiger partial charge in [-0.1, -0.05) is 37.8 Å². The van der Waals surface area contributed by atoms with Gasteiger partial charge in [-0.25, -0.2) is 4.98 Å². The number of rotatable bonds is 2. The second kappa shape index (κ2) is 6.20. The van der Waals surface area contributed by atoms with Crippen molar-refractivity contribution in [1.29, 1.82) is 0 Å². The SMILES string of the molecule is CC1CCCCCC1Nc1ncc(C(F)(F)F)cc1Cl. The maximum absolute atomic E-state index is 12.6. The first-order chi connectivity index (χ1) is 9.38. The molecule has 0 aromatic carbocycles. The Hall–Kier alpha value is -0.970. The Morgan fingerprint density at radius 3 is 2.60 bits per heavy atom. The van der Waals surface area contributed by atoms with Crippen molar-refractivity contribution in [2.45, 2.75) is 51.2 Å². The number of pyridine rings is 1. The molecule has 1 aliphatic carbocycles. The summed E-state index contributed by atoms with van der Waals surface area (Å²) < 4.78 is 37.7. The van der Waals surface area contributed by atoms with Crippen LogP contribution in [-0.2, 0) is 6.18 Å². The van der Waals surface area contributed by atoms with E-state index in [1.807, 2.05) is 0 Å². The number of halogens is 4. The number of nitrogens with one attached hydrogen (secondary N) is 1. The summed E-state index contributed by atoms with van der Waals surface area (Å²) in [6, 6.07) is 1.15. The minimum Gasteiger partial charge on any atom is -0.366 e. The van der Waals surface area contributed by atoms with E-state index in [0.29, 0.717) is 11.7 Å². The first-order valence-corrected chi connectivity index (χ1v) is 7.25. The molecular formula is C14H18ClF3N2. The smallest absolute Gasteiger partial charge is 0.366 e. The lowest BCUT2D eigenvalue weighted by Gasteiger charge is -2.24. The summed E-state index contributed by atoms with van der Waals surface area (Å²) in [5.74, 6) is 0.816. The average Bonchev–Trinajstić information content (AvgIpc) is 2.56. The Labute approximate surface area is 121 Å². The second-order valence-electron chi connectivity index (χ2n) is 5.42. The Kier molecular flexibility index (Phi) is 4.78. The average molecular weight is 307 g/mol. The standard InChI is InChI=1S/C14H18ClF3N2/c1-9-5-3-2-4-6-12(9)20-13-11(15)7-10(8-19-13)14(16,17)18/h7-9,12H,2-6H2,1H3,(H,19,20). The lowest BCUT2D eigenvalue weighted by molar-refractivity contribution is -0.137. The Bertz CT molecular complexity index is 462. The van der Waals surface area contributed by atoms with Crippen molar-refractivity contribution in [2.75, 3.05) is 5.32 Å². The van der Waals surface area contributed by atoms with E-state index in [9.17, 15) is 13.2 Å². The summed E-state index contributed by atoms with van der Waals surface area (Å²) in [4.78, 5) is 3.84. The zero-order valence-corrected chi connectivity index (χ0v) is 12.1. The molecule has 1 N–H and O–H groups in total. The van der Waals surface area contributed by atoms with Crippen molar-refractivity contribution >= 4 is 17.4 Å². The lowest BCUT2D eigenvalue weighted by Crippen LogP contribution is -2.27. The van der Waals surface area contributed by atoms with Crippen LogP contribution in [0.4, 0.5) is 19.0 Å². The van der Waals surface area contributed by atoms with E-state index in [0.717, 1.165) is 31.5 Å². The quantitative estimate of drug-likeness (QED) is 0.766. The van der Waals surface area contributed by atoms with E-state index in [1.54, 1.807) is 0 Å². The molecule has 2 atom stereocenters. The summed E-state index contributed by atoms with van der Waals surface area (Å²) in [5.41, 5.74) is -0.818. The largest absolute Gasteiger partial charge is 0.417 e. The predicted molar refractivity (Wildman–Crippen MR) is 73.9 cm³/mol. The fraction of sp³-hybridized carbons (Fsp3) is 0.643. The highest BCUT2D eigenvalue weighted by Crippen LogP contribution is 2.33. The van der Waals surface area contributed by atoms with Gasteiger partial charge < -0.3 is 5.32 Å². The molecule has 0 saturated heterocycles. The highest BCUT2D eigenvalue weighted by molar-refractivity contribution is 6.33. The minimum absolute atomic E-state index is 0.0243. The minimum atomic E-state index is -4.41. The van der Waals surface area contributed by atoms with Gasteiger partial charge in [0.2, 0.25) is 0 Å². The Morgan fingerprint density at radius 2 is 1.95 bits per heavy atom. The zero-order chi connectivity index (χ0) is 14.8. The number of aromatic nitrogens is 1. The van der Waals surface area contributed by atoms with Crippen LogP contribution in [0.2, 0.25) is 5.02 Å². The number of nitrogens with zero attached hydrogens (tertiary/aromatic N) is 1. The van der Waals surface area contributed by atoms with Gasteiger partial charge in [0, 0.05) is 12.2 Å². The summed E-state index contributed by atoms with van der Waals surface area (Å²) in [6.07, 6.45) is 2.07. The van der Waals surface area contributed by atoms with Gasteiger partial charge in [-0.15, -0.1) is 0 Å². The van der Waals surface area contributed by atoms with Gasteiger partial charge in [0.1, 0.15) is 5.82 Å². The van der Waals surface area contributed by atoms with Crippen LogP contribution in [0.25, 0.3) is 0 Å². The third-order valence-electron chi connectivity index (χ3n) is 3.85. The van der Waals surface area contributed by atoms with Crippen LogP contribution in [-0.4, -0.2) is 11.0 Å². The van der Waals surface area contributed by atoms with E-state index in [4.69, 9.17) is 11.6 Å². The van der Waals surface area contributed by atoms with Crippen molar-refractivity contribution in [1.82, 2.24) is 4.98 Å². The third-order valence-corrected chi connectivity index (χ3v) is 4.14. The Balaban J connectivity index is 2.13. The van der Waals surface area contributed by atoms with E-state index in [2.05, 4.69) is 17.2 Å². The van der Waals surface area contributed by atoms with E-state index >= 15 is 0 Å². The first kappa shape index (κ1) is 15.4. The van der Waals surface area contributed by atoms with Gasteiger partial charge in [-0.05, 0) is 24.8 Å². The molecule has 1 fully saturated rings. The van der Waals surface area contributed by atoms with Crippen LogP contribution in [0.3, 0.4) is 0 Å². The van der Waals surface area contributed by atoms with Crippen LogP contribution in [0.15, 0.2) is 12.3 Å². The van der Waals surface area contributed by atoms with Crippen LogP contribution in [0.5, 0.6) is 0 Å². The van der Waals surface area contributed by atoms with Gasteiger partial charge in [0.15, 0.2) is 0 Å². The molecule has 2 unspecified atom stereocenters. The second-order valence-corrected chi connectivity index (χ2v) is 5.83. The van der Waals surface area contributed by atoms with Gasteiger partial charge in [-0.3, -0.25) is 0 Å². The maximum atomic E-state index is 12.6. The van der Waals surface area contributed by atoms with E-state index < -0.39 is 11.7 Å². The molecule has 1 aromatic heterocycles. The summed E-state index contributed by atoms with van der Waals surface area (Å²) in [7, 11) is 0. The molecule has 2 nitrogen and oxygen atoms in total. The number of alkyl halides is 3. The molecule has 1 aromatic rings. The van der Waals surface area contributed by atoms with Crippen molar-refractivity contribution in [2.24, 2.45) is 5.92 Å². The first-order valence-electron chi connectivity index (χ1n) is 6.87. The Morgan fingerprint density at radius 1 is 1.25 bits per heavy atom. The molecule has 0 radical (unpaired) electrons. The molecule has 2 rings (SSSR count). The number of hydrogen-bond donors (Lipinski definition) is 1. The van der Waals surface area contributed by atoms with Crippen LogP contribution in [0, 0.1) is 5.92 Å². The van der Waals surface area contributed by atoms with Crippen molar-refractivity contribution < 1.29 is 13.2 Å². The van der Waals surface area contributed by atoms with Gasteiger partial charge >= 0.3 is 6.18 Å². The predicted octanol–water partition coefficient (Wildman–Crippen LogP) is 5.13. The topological polar surface area (TPSA) is 24.9 Å². The van der Waals surface area contributed by atoms with Crippen LogP contribution in [0.1, 0.15) is 44.6 Å². The van der Waals surface area contributed by atoms with Crippen molar-refractivity contribution in [3.05, 3.63) is 22.8 Å².